The minimum Gasteiger partial charge on any atom is -0.383 e. The highest BCUT2D eigenvalue weighted by atomic mass is 35.5. The molecule has 0 amide bonds. The van der Waals surface area contributed by atoms with Crippen LogP contribution in [0.5, 0.6) is 0 Å². The van der Waals surface area contributed by atoms with Crippen molar-refractivity contribution < 1.29 is 4.74 Å². The first-order valence-electron chi connectivity index (χ1n) is 7.44. The number of nitrogens with zero attached hydrogens (tertiary/aromatic N) is 2. The SMILES string of the molecule is COCCn1ncc(Cl)c1C(CC(C)CC(C)(C)C)NN. The Kier molecular flexibility index (Phi) is 7.13. The van der Waals surface area contributed by atoms with Gasteiger partial charge in [-0.2, -0.15) is 5.10 Å². The molecule has 0 aliphatic rings. The van der Waals surface area contributed by atoms with Crippen LogP contribution in [0.25, 0.3) is 0 Å². The van der Waals surface area contributed by atoms with Crippen molar-refractivity contribution in [2.45, 2.75) is 53.1 Å². The molecule has 0 fully saturated rings. The molecule has 0 aromatic carbocycles. The molecule has 3 N–H and O–H groups in total. The van der Waals surface area contributed by atoms with Gasteiger partial charge in [0.1, 0.15) is 0 Å². The Morgan fingerprint density at radius 3 is 2.67 bits per heavy atom. The quantitative estimate of drug-likeness (QED) is 0.571. The van der Waals surface area contributed by atoms with Crippen molar-refractivity contribution >= 4 is 11.6 Å². The molecular weight excluding hydrogens is 288 g/mol. The van der Waals surface area contributed by atoms with Gasteiger partial charge >= 0.3 is 0 Å². The number of aromatic nitrogens is 2. The minimum absolute atomic E-state index is 0.00536. The predicted molar refractivity (Wildman–Crippen MR) is 87.0 cm³/mol. The molecule has 0 aliphatic heterocycles. The molecule has 21 heavy (non-hydrogen) atoms. The van der Waals surface area contributed by atoms with Gasteiger partial charge in [-0.25, -0.2) is 0 Å². The number of halogens is 1. The molecule has 1 rings (SSSR count). The van der Waals surface area contributed by atoms with E-state index in [4.69, 9.17) is 22.2 Å². The molecule has 2 atom stereocenters. The smallest absolute Gasteiger partial charge is 0.0834 e. The normalized spacial score (nSPS) is 15.2. The van der Waals surface area contributed by atoms with E-state index >= 15 is 0 Å². The number of ether oxygens (including phenoxy) is 1. The first-order chi connectivity index (χ1) is 9.78. The molecule has 0 bridgehead atoms. The van der Waals surface area contributed by atoms with Gasteiger partial charge in [-0.15, -0.1) is 0 Å². The molecule has 0 radical (unpaired) electrons. The van der Waals surface area contributed by atoms with Crippen LogP contribution in [0.1, 0.15) is 52.3 Å². The van der Waals surface area contributed by atoms with Gasteiger partial charge in [-0.3, -0.25) is 16.0 Å². The minimum atomic E-state index is -0.00536. The van der Waals surface area contributed by atoms with E-state index < -0.39 is 0 Å². The summed E-state index contributed by atoms with van der Waals surface area (Å²) in [6, 6.07) is -0.00536. The zero-order chi connectivity index (χ0) is 16.0. The van der Waals surface area contributed by atoms with Gasteiger partial charge in [0, 0.05) is 7.11 Å². The van der Waals surface area contributed by atoms with Crippen LogP contribution in [0.3, 0.4) is 0 Å². The molecule has 1 aromatic heterocycles. The van der Waals surface area contributed by atoms with E-state index in [1.54, 1.807) is 13.3 Å². The van der Waals surface area contributed by atoms with E-state index in [-0.39, 0.29) is 6.04 Å². The van der Waals surface area contributed by atoms with E-state index in [0.29, 0.717) is 29.5 Å². The van der Waals surface area contributed by atoms with Crippen LogP contribution in [0.4, 0.5) is 0 Å². The summed E-state index contributed by atoms with van der Waals surface area (Å²) in [7, 11) is 1.68. The van der Waals surface area contributed by atoms with Gasteiger partial charge in [0.15, 0.2) is 0 Å². The topological polar surface area (TPSA) is 65.1 Å². The van der Waals surface area contributed by atoms with E-state index in [1.165, 1.54) is 0 Å². The average Bonchev–Trinajstić information content (AvgIpc) is 2.72. The molecule has 0 saturated heterocycles. The average molecular weight is 317 g/mol. The highest BCUT2D eigenvalue weighted by Gasteiger charge is 2.24. The van der Waals surface area contributed by atoms with Crippen molar-refractivity contribution in [3.63, 3.8) is 0 Å². The van der Waals surface area contributed by atoms with E-state index in [0.717, 1.165) is 18.5 Å². The Morgan fingerprint density at radius 1 is 1.48 bits per heavy atom. The van der Waals surface area contributed by atoms with Gasteiger partial charge < -0.3 is 4.74 Å². The first kappa shape index (κ1) is 18.4. The highest BCUT2D eigenvalue weighted by molar-refractivity contribution is 6.31. The maximum atomic E-state index is 6.29. The molecule has 0 aliphatic carbocycles. The summed E-state index contributed by atoms with van der Waals surface area (Å²) < 4.78 is 6.99. The summed E-state index contributed by atoms with van der Waals surface area (Å²) >= 11 is 6.29. The largest absolute Gasteiger partial charge is 0.383 e. The van der Waals surface area contributed by atoms with Crippen LogP contribution in [0.2, 0.25) is 5.02 Å². The molecule has 0 saturated carbocycles. The summed E-state index contributed by atoms with van der Waals surface area (Å²) in [6.07, 6.45) is 3.73. The lowest BCUT2D eigenvalue weighted by molar-refractivity contribution is 0.181. The summed E-state index contributed by atoms with van der Waals surface area (Å²) in [4.78, 5) is 0. The second-order valence-corrected chi connectivity index (χ2v) is 7.33. The number of hydrazine groups is 1. The molecule has 1 heterocycles. The zero-order valence-corrected chi connectivity index (χ0v) is 14.6. The van der Waals surface area contributed by atoms with Crippen LogP contribution >= 0.6 is 11.6 Å². The Labute approximate surface area is 133 Å². The van der Waals surface area contributed by atoms with Crippen molar-refractivity contribution in [1.29, 1.82) is 0 Å². The molecule has 122 valence electrons. The van der Waals surface area contributed by atoms with Crippen molar-refractivity contribution in [2.24, 2.45) is 17.2 Å². The highest BCUT2D eigenvalue weighted by Crippen LogP contribution is 2.32. The van der Waals surface area contributed by atoms with Crippen LogP contribution in [-0.2, 0) is 11.3 Å². The fourth-order valence-corrected chi connectivity index (χ4v) is 3.14. The van der Waals surface area contributed by atoms with Crippen LogP contribution in [0.15, 0.2) is 6.20 Å². The number of methoxy groups -OCH3 is 1. The molecule has 2 unspecified atom stereocenters. The van der Waals surface area contributed by atoms with Crippen molar-refractivity contribution in [1.82, 2.24) is 15.2 Å². The van der Waals surface area contributed by atoms with Gasteiger partial charge in [-0.05, 0) is 24.2 Å². The first-order valence-corrected chi connectivity index (χ1v) is 7.82. The molecule has 0 spiro atoms. The fourth-order valence-electron chi connectivity index (χ4n) is 2.86. The van der Waals surface area contributed by atoms with Gasteiger partial charge in [-0.1, -0.05) is 39.3 Å². The zero-order valence-electron chi connectivity index (χ0n) is 13.8. The lowest BCUT2D eigenvalue weighted by Gasteiger charge is -2.27. The van der Waals surface area contributed by atoms with Crippen molar-refractivity contribution in [3.8, 4) is 0 Å². The second-order valence-electron chi connectivity index (χ2n) is 6.92. The van der Waals surface area contributed by atoms with Crippen molar-refractivity contribution in [3.05, 3.63) is 16.9 Å². The summed E-state index contributed by atoms with van der Waals surface area (Å²) in [5.41, 5.74) is 4.14. The fraction of sp³-hybridized carbons (Fsp3) is 0.800. The number of hydrogen-bond acceptors (Lipinski definition) is 4. The third kappa shape index (κ3) is 5.94. The maximum absolute atomic E-state index is 6.29. The van der Waals surface area contributed by atoms with Gasteiger partial charge in [0.2, 0.25) is 0 Å². The molecule has 5 nitrogen and oxygen atoms in total. The second kappa shape index (κ2) is 8.13. The van der Waals surface area contributed by atoms with Crippen LogP contribution < -0.4 is 11.3 Å². The summed E-state index contributed by atoms with van der Waals surface area (Å²) in [5, 5.41) is 4.96. The number of nitrogens with one attached hydrogen (secondary N) is 1. The lowest BCUT2D eigenvalue weighted by atomic mass is 9.82. The third-order valence-corrected chi connectivity index (χ3v) is 3.76. The Bertz CT molecular complexity index is 428. The molecular formula is C15H29ClN4O. The van der Waals surface area contributed by atoms with E-state index in [1.807, 2.05) is 4.68 Å². The molecule has 6 heteroatoms. The third-order valence-electron chi connectivity index (χ3n) is 3.47. The number of nitrogens with two attached hydrogens (primary N) is 1. The van der Waals surface area contributed by atoms with Crippen LogP contribution in [-0.4, -0.2) is 23.5 Å². The van der Waals surface area contributed by atoms with Gasteiger partial charge in [0.25, 0.3) is 0 Å². The number of rotatable bonds is 8. The monoisotopic (exact) mass is 316 g/mol. The maximum Gasteiger partial charge on any atom is 0.0834 e. The van der Waals surface area contributed by atoms with Gasteiger partial charge in [0.05, 0.1) is 36.1 Å². The Balaban J connectivity index is 2.82. The Morgan fingerprint density at radius 2 is 2.14 bits per heavy atom. The standard InChI is InChI=1S/C15H29ClN4O/c1-11(9-15(2,3)4)8-13(19-17)14-12(16)10-18-20(14)6-7-21-5/h10-11,13,19H,6-9,17H2,1-5H3. The Hall–Kier alpha value is -0.620. The summed E-state index contributed by atoms with van der Waals surface area (Å²) in [5.74, 6) is 6.30. The van der Waals surface area contributed by atoms with Crippen LogP contribution in [0, 0.1) is 11.3 Å². The molecule has 1 aromatic rings. The lowest BCUT2D eigenvalue weighted by Crippen LogP contribution is -2.32. The predicted octanol–water partition coefficient (Wildman–Crippen LogP) is 3.15. The number of hydrogen-bond donors (Lipinski definition) is 2. The van der Waals surface area contributed by atoms with E-state index in [9.17, 15) is 0 Å². The van der Waals surface area contributed by atoms with E-state index in [2.05, 4.69) is 38.2 Å². The van der Waals surface area contributed by atoms with Crippen molar-refractivity contribution in [2.75, 3.05) is 13.7 Å². The summed E-state index contributed by atoms with van der Waals surface area (Å²) in [6.45, 7) is 10.3.